The topological polar surface area (TPSA) is 9.23 Å². The van der Waals surface area contributed by atoms with Gasteiger partial charge in [0.15, 0.2) is 0 Å². The van der Waals surface area contributed by atoms with Gasteiger partial charge in [0, 0.05) is 16.8 Å². The van der Waals surface area contributed by atoms with Crippen molar-refractivity contribution >= 4 is 16.3 Å². The lowest BCUT2D eigenvalue weighted by molar-refractivity contribution is -0.0150. The van der Waals surface area contributed by atoms with Crippen molar-refractivity contribution in [2.24, 2.45) is 0 Å². The Balaban J connectivity index is 1.89. The van der Waals surface area contributed by atoms with Gasteiger partial charge in [-0.3, -0.25) is 0 Å². The van der Waals surface area contributed by atoms with Crippen molar-refractivity contribution in [3.8, 4) is 0 Å². The van der Waals surface area contributed by atoms with Crippen LogP contribution >= 0.6 is 0 Å². The van der Waals surface area contributed by atoms with Crippen molar-refractivity contribution < 1.29 is 4.74 Å². The zero-order valence-corrected chi connectivity index (χ0v) is 12.0. The summed E-state index contributed by atoms with van der Waals surface area (Å²) >= 11 is 0. The molecule has 0 bridgehead atoms. The molecule has 0 aromatic heterocycles. The summed E-state index contributed by atoms with van der Waals surface area (Å²) in [6, 6.07) is 10.5. The molecule has 1 saturated heterocycles. The van der Waals surface area contributed by atoms with E-state index in [9.17, 15) is 0 Å². The SMILES string of the molecule is [SiH3]C1(CC=Cc2ccccc2)CCCCO1. The first kappa shape index (κ1) is 11.6. The van der Waals surface area contributed by atoms with Crippen LogP contribution in [-0.2, 0) is 4.74 Å². The zero-order valence-electron chi connectivity index (χ0n) is 9.99. The molecule has 0 saturated carbocycles. The van der Waals surface area contributed by atoms with E-state index in [4.69, 9.17) is 4.74 Å². The molecule has 1 atom stereocenters. The Hall–Kier alpha value is -0.863. The molecule has 0 radical (unpaired) electrons. The number of hydrogen-bond donors (Lipinski definition) is 0. The lowest BCUT2D eigenvalue weighted by atomic mass is 10.0. The maximum absolute atomic E-state index is 5.91. The van der Waals surface area contributed by atoms with Crippen LogP contribution in [0.3, 0.4) is 0 Å². The highest BCUT2D eigenvalue weighted by atomic mass is 28.1. The quantitative estimate of drug-likeness (QED) is 0.727. The van der Waals surface area contributed by atoms with Crippen molar-refractivity contribution in [1.29, 1.82) is 0 Å². The van der Waals surface area contributed by atoms with E-state index in [1.165, 1.54) is 24.8 Å². The lowest BCUT2D eigenvalue weighted by Crippen LogP contribution is -2.36. The van der Waals surface area contributed by atoms with Crippen molar-refractivity contribution in [3.05, 3.63) is 42.0 Å². The van der Waals surface area contributed by atoms with Gasteiger partial charge in [0.1, 0.15) is 0 Å². The standard InChI is InChI=1S/C14H20OSi/c16-14(10-4-5-12-15-14)11-6-9-13-7-2-1-3-8-13/h1-3,6-9H,4-5,10-12H2,16H3. The first-order valence-corrected chi connectivity index (χ1v) is 7.14. The molecule has 1 aromatic rings. The third-order valence-corrected chi connectivity index (χ3v) is 4.41. The average Bonchev–Trinajstić information content (AvgIpc) is 2.31. The molecular formula is C14H20OSi. The molecule has 1 unspecified atom stereocenters. The molecule has 1 fully saturated rings. The Labute approximate surface area is 101 Å². The van der Waals surface area contributed by atoms with Crippen LogP contribution in [0.4, 0.5) is 0 Å². The average molecular weight is 232 g/mol. The van der Waals surface area contributed by atoms with Crippen molar-refractivity contribution in [1.82, 2.24) is 0 Å². The second-order valence-electron chi connectivity index (χ2n) is 4.77. The fourth-order valence-corrected chi connectivity index (χ4v) is 2.95. The molecule has 1 nitrogen and oxygen atoms in total. The summed E-state index contributed by atoms with van der Waals surface area (Å²) in [5.74, 6) is 0. The Morgan fingerprint density at radius 2 is 2.06 bits per heavy atom. The zero-order chi connectivity index (χ0) is 11.3. The summed E-state index contributed by atoms with van der Waals surface area (Å²) < 4.78 is 5.91. The molecule has 16 heavy (non-hydrogen) atoms. The second kappa shape index (κ2) is 5.46. The molecule has 0 N–H and O–H groups in total. The van der Waals surface area contributed by atoms with Crippen molar-refractivity contribution in [2.45, 2.75) is 30.9 Å². The van der Waals surface area contributed by atoms with Gasteiger partial charge in [-0.25, -0.2) is 0 Å². The van der Waals surface area contributed by atoms with Gasteiger partial charge in [0.05, 0.1) is 5.22 Å². The lowest BCUT2D eigenvalue weighted by Gasteiger charge is -2.33. The van der Waals surface area contributed by atoms with Crippen LogP contribution < -0.4 is 0 Å². The predicted octanol–water partition coefficient (Wildman–Crippen LogP) is 2.35. The molecule has 0 amide bonds. The summed E-state index contributed by atoms with van der Waals surface area (Å²) in [5, 5.41) is 0.212. The first-order chi connectivity index (χ1) is 7.79. The van der Waals surface area contributed by atoms with Gasteiger partial charge in [0.25, 0.3) is 0 Å². The minimum absolute atomic E-state index is 0.212. The van der Waals surface area contributed by atoms with E-state index in [2.05, 4.69) is 42.5 Å². The highest BCUT2D eigenvalue weighted by Gasteiger charge is 2.25. The van der Waals surface area contributed by atoms with Crippen LogP contribution in [0.5, 0.6) is 0 Å². The van der Waals surface area contributed by atoms with Gasteiger partial charge in [-0.1, -0.05) is 42.5 Å². The third-order valence-electron chi connectivity index (χ3n) is 3.21. The number of ether oxygens (including phenoxy) is 1. The monoisotopic (exact) mass is 232 g/mol. The Kier molecular flexibility index (Phi) is 3.96. The number of hydrogen-bond acceptors (Lipinski definition) is 1. The molecule has 2 heteroatoms. The third kappa shape index (κ3) is 3.32. The Morgan fingerprint density at radius 1 is 1.25 bits per heavy atom. The highest BCUT2D eigenvalue weighted by molar-refractivity contribution is 6.14. The number of benzene rings is 1. The molecule has 0 spiro atoms. The van der Waals surface area contributed by atoms with E-state index < -0.39 is 0 Å². The van der Waals surface area contributed by atoms with E-state index in [-0.39, 0.29) is 5.22 Å². The van der Waals surface area contributed by atoms with Crippen LogP contribution in [0.15, 0.2) is 36.4 Å². The van der Waals surface area contributed by atoms with E-state index >= 15 is 0 Å². The Morgan fingerprint density at radius 3 is 2.75 bits per heavy atom. The van der Waals surface area contributed by atoms with Crippen LogP contribution in [0.2, 0.25) is 0 Å². The maximum atomic E-state index is 5.91. The molecular weight excluding hydrogens is 212 g/mol. The van der Waals surface area contributed by atoms with Gasteiger partial charge < -0.3 is 4.74 Å². The fraction of sp³-hybridized carbons (Fsp3) is 0.429. The van der Waals surface area contributed by atoms with Gasteiger partial charge >= 0.3 is 0 Å². The molecule has 86 valence electrons. The van der Waals surface area contributed by atoms with Gasteiger partial charge in [-0.2, -0.15) is 0 Å². The van der Waals surface area contributed by atoms with Crippen molar-refractivity contribution in [3.63, 3.8) is 0 Å². The second-order valence-corrected chi connectivity index (χ2v) is 6.60. The van der Waals surface area contributed by atoms with Gasteiger partial charge in [0.2, 0.25) is 0 Å². The molecule has 1 heterocycles. The van der Waals surface area contributed by atoms with Crippen LogP contribution in [0, 0.1) is 0 Å². The molecule has 2 rings (SSSR count). The van der Waals surface area contributed by atoms with Crippen LogP contribution in [0.1, 0.15) is 31.2 Å². The predicted molar refractivity (Wildman–Crippen MR) is 72.6 cm³/mol. The van der Waals surface area contributed by atoms with Crippen LogP contribution in [-0.4, -0.2) is 22.1 Å². The summed E-state index contributed by atoms with van der Waals surface area (Å²) in [5.41, 5.74) is 1.28. The molecule has 1 aromatic carbocycles. The minimum atomic E-state index is 0.212. The first-order valence-electron chi connectivity index (χ1n) is 6.14. The normalized spacial score (nSPS) is 26.2. The summed E-state index contributed by atoms with van der Waals surface area (Å²) in [4.78, 5) is 0. The van der Waals surface area contributed by atoms with E-state index in [1.807, 2.05) is 0 Å². The summed E-state index contributed by atoms with van der Waals surface area (Å²) in [6.07, 6.45) is 9.38. The van der Waals surface area contributed by atoms with Crippen molar-refractivity contribution in [2.75, 3.05) is 6.61 Å². The van der Waals surface area contributed by atoms with Crippen LogP contribution in [0.25, 0.3) is 6.08 Å². The molecule has 1 aliphatic heterocycles. The fourth-order valence-electron chi connectivity index (χ4n) is 2.16. The maximum Gasteiger partial charge on any atom is 0.0519 e. The van der Waals surface area contributed by atoms with Gasteiger partial charge in [-0.05, 0) is 31.2 Å². The van der Waals surface area contributed by atoms with E-state index in [0.717, 1.165) is 23.3 Å². The summed E-state index contributed by atoms with van der Waals surface area (Å²) in [6.45, 7) is 0.961. The minimum Gasteiger partial charge on any atom is -0.379 e. The van der Waals surface area contributed by atoms with Gasteiger partial charge in [-0.15, -0.1) is 0 Å². The number of rotatable bonds is 3. The molecule has 0 aliphatic carbocycles. The van der Waals surface area contributed by atoms with E-state index in [1.54, 1.807) is 0 Å². The Bertz CT molecular complexity index is 339. The van der Waals surface area contributed by atoms with E-state index in [0.29, 0.717) is 0 Å². The smallest absolute Gasteiger partial charge is 0.0519 e. The molecule has 1 aliphatic rings. The largest absolute Gasteiger partial charge is 0.379 e. The summed E-state index contributed by atoms with van der Waals surface area (Å²) in [7, 11) is 1.13. The highest BCUT2D eigenvalue weighted by Crippen LogP contribution is 2.25.